The van der Waals surface area contributed by atoms with Crippen LogP contribution >= 0.6 is 0 Å². The first-order valence-corrected chi connectivity index (χ1v) is 13.7. The van der Waals surface area contributed by atoms with Crippen LogP contribution in [0.15, 0.2) is 72.8 Å². The molecule has 4 aromatic rings. The molecule has 0 saturated carbocycles. The first-order valence-electron chi connectivity index (χ1n) is 11.8. The number of rotatable bonds is 9. The molecule has 0 aliphatic rings. The lowest BCUT2D eigenvalue weighted by Gasteiger charge is -2.17. The molecule has 0 amide bonds. The number of carboxylic acid groups (broad SMARTS) is 1. The van der Waals surface area contributed by atoms with Crippen LogP contribution in [0.5, 0.6) is 17.2 Å². The molecule has 9 heteroatoms. The van der Waals surface area contributed by atoms with Crippen LogP contribution in [0.1, 0.15) is 29.8 Å². The molecular formula is C29H26N2O6S. The van der Waals surface area contributed by atoms with Crippen LogP contribution in [0, 0.1) is 17.2 Å². The summed E-state index contributed by atoms with van der Waals surface area (Å²) in [5.41, 5.74) is 1.50. The van der Waals surface area contributed by atoms with Crippen molar-refractivity contribution in [1.82, 2.24) is 0 Å². The monoisotopic (exact) mass is 530 g/mol. The van der Waals surface area contributed by atoms with E-state index in [1.807, 2.05) is 32.0 Å². The number of sulfonamides is 1. The molecule has 0 radical (unpaired) electrons. The quantitative estimate of drug-likeness (QED) is 0.261. The van der Waals surface area contributed by atoms with Crippen molar-refractivity contribution in [1.29, 1.82) is 5.26 Å². The predicted octanol–water partition coefficient (Wildman–Crippen LogP) is 6.28. The molecule has 0 aliphatic heterocycles. The molecule has 8 nitrogen and oxygen atoms in total. The van der Waals surface area contributed by atoms with Crippen molar-refractivity contribution in [2.24, 2.45) is 5.92 Å². The summed E-state index contributed by atoms with van der Waals surface area (Å²) in [6.07, 6.45) is 1.04. The molecule has 0 spiro atoms. The molecule has 0 aromatic heterocycles. The highest BCUT2D eigenvalue weighted by atomic mass is 32.2. The van der Waals surface area contributed by atoms with E-state index < -0.39 is 16.0 Å². The Bertz CT molecular complexity index is 1670. The van der Waals surface area contributed by atoms with Crippen LogP contribution in [0.4, 0.5) is 5.69 Å². The van der Waals surface area contributed by atoms with Crippen molar-refractivity contribution >= 4 is 32.5 Å². The summed E-state index contributed by atoms with van der Waals surface area (Å²) in [5, 5.41) is 20.9. The molecular weight excluding hydrogens is 504 g/mol. The number of fused-ring (bicyclic) bond motifs is 1. The van der Waals surface area contributed by atoms with E-state index in [0.29, 0.717) is 40.5 Å². The minimum Gasteiger partial charge on any atom is -0.493 e. The zero-order valence-corrected chi connectivity index (χ0v) is 21.9. The van der Waals surface area contributed by atoms with Crippen LogP contribution in [-0.2, 0) is 10.0 Å². The largest absolute Gasteiger partial charge is 0.493 e. The SMILES string of the molecule is CC(C)COc1ccc(-c2cc(NS(C)(=O)=O)ccc2Oc2ccc3cc(C#N)ccc3c2)c(C(=O)O)c1. The number of carboxylic acids is 1. The number of carbonyl (C=O) groups is 1. The highest BCUT2D eigenvalue weighted by Gasteiger charge is 2.19. The van der Waals surface area contributed by atoms with Gasteiger partial charge in [0.15, 0.2) is 0 Å². The van der Waals surface area contributed by atoms with Crippen LogP contribution in [0.25, 0.3) is 21.9 Å². The van der Waals surface area contributed by atoms with Crippen LogP contribution in [0.3, 0.4) is 0 Å². The maximum atomic E-state index is 12.2. The van der Waals surface area contributed by atoms with Crippen molar-refractivity contribution in [3.8, 4) is 34.4 Å². The minimum absolute atomic E-state index is 0.0184. The third-order valence-corrected chi connectivity index (χ3v) is 6.15. The lowest BCUT2D eigenvalue weighted by Crippen LogP contribution is -2.10. The Balaban J connectivity index is 1.80. The predicted molar refractivity (Wildman–Crippen MR) is 146 cm³/mol. The van der Waals surface area contributed by atoms with Gasteiger partial charge in [-0.15, -0.1) is 0 Å². The summed E-state index contributed by atoms with van der Waals surface area (Å²) in [5.74, 6) is 0.326. The minimum atomic E-state index is -3.58. The number of anilines is 1. The molecule has 4 aromatic carbocycles. The summed E-state index contributed by atoms with van der Waals surface area (Å²) in [4.78, 5) is 12.2. The maximum Gasteiger partial charge on any atom is 0.336 e. The highest BCUT2D eigenvalue weighted by Crippen LogP contribution is 2.39. The molecule has 0 saturated heterocycles. The number of ether oxygens (including phenoxy) is 2. The molecule has 0 unspecified atom stereocenters. The van der Waals surface area contributed by atoms with Crippen LogP contribution in [-0.4, -0.2) is 32.4 Å². The zero-order valence-electron chi connectivity index (χ0n) is 21.1. The lowest BCUT2D eigenvalue weighted by atomic mass is 9.98. The van der Waals surface area contributed by atoms with Gasteiger partial charge in [-0.3, -0.25) is 4.72 Å². The standard InChI is InChI=1S/C29H26N2O6S/c1-18(2)17-36-23-9-10-25(27(15-23)29(32)33)26-14-22(31-38(3,34)35)7-11-28(26)37-24-8-6-20-12-19(16-30)4-5-21(20)13-24/h4-15,18,31H,17H2,1-3H3,(H,32,33). The van der Waals surface area contributed by atoms with Gasteiger partial charge in [0.25, 0.3) is 0 Å². The second-order valence-electron chi connectivity index (χ2n) is 9.24. The van der Waals surface area contributed by atoms with E-state index in [9.17, 15) is 18.3 Å². The highest BCUT2D eigenvalue weighted by molar-refractivity contribution is 7.92. The second kappa shape index (κ2) is 10.8. The van der Waals surface area contributed by atoms with Gasteiger partial charge in [-0.25, -0.2) is 13.2 Å². The van der Waals surface area contributed by atoms with Crippen LogP contribution < -0.4 is 14.2 Å². The Kier molecular flexibility index (Phi) is 7.55. The molecule has 194 valence electrons. The summed E-state index contributed by atoms with van der Waals surface area (Å²) < 4.78 is 38.1. The fraction of sp³-hybridized carbons (Fsp3) is 0.172. The average molecular weight is 531 g/mol. The summed E-state index contributed by atoms with van der Waals surface area (Å²) in [6, 6.07) is 22.2. The van der Waals surface area contributed by atoms with Crippen molar-refractivity contribution in [2.45, 2.75) is 13.8 Å². The van der Waals surface area contributed by atoms with Gasteiger partial charge in [-0.05, 0) is 77.4 Å². The number of aromatic carboxylic acids is 1. The summed E-state index contributed by atoms with van der Waals surface area (Å²) in [7, 11) is -3.58. The van der Waals surface area contributed by atoms with Gasteiger partial charge in [0.2, 0.25) is 10.0 Å². The van der Waals surface area contributed by atoms with E-state index in [1.165, 1.54) is 12.1 Å². The van der Waals surface area contributed by atoms with Crippen molar-refractivity contribution in [3.05, 3.63) is 83.9 Å². The third-order valence-electron chi connectivity index (χ3n) is 5.55. The van der Waals surface area contributed by atoms with Gasteiger partial charge >= 0.3 is 5.97 Å². The Morgan fingerprint density at radius 1 is 0.947 bits per heavy atom. The van der Waals surface area contributed by atoms with Gasteiger partial charge < -0.3 is 14.6 Å². The smallest absolute Gasteiger partial charge is 0.336 e. The van der Waals surface area contributed by atoms with E-state index >= 15 is 0 Å². The van der Waals surface area contributed by atoms with Gasteiger partial charge in [-0.1, -0.05) is 26.0 Å². The van der Waals surface area contributed by atoms with Gasteiger partial charge in [0, 0.05) is 16.8 Å². The Labute approximate surface area is 221 Å². The van der Waals surface area contributed by atoms with Crippen molar-refractivity contribution < 1.29 is 27.8 Å². The number of nitriles is 1. The number of nitrogens with zero attached hydrogens (tertiary/aromatic N) is 1. The number of hydrogen-bond acceptors (Lipinski definition) is 6. The Morgan fingerprint density at radius 3 is 2.34 bits per heavy atom. The first-order chi connectivity index (χ1) is 18.0. The van der Waals surface area contributed by atoms with Crippen LogP contribution in [0.2, 0.25) is 0 Å². The summed E-state index contributed by atoms with van der Waals surface area (Å²) in [6.45, 7) is 4.41. The molecule has 2 N–H and O–H groups in total. The molecule has 0 fully saturated rings. The van der Waals surface area contributed by atoms with Gasteiger partial charge in [0.05, 0.1) is 30.1 Å². The topological polar surface area (TPSA) is 126 Å². The van der Waals surface area contributed by atoms with E-state index in [-0.39, 0.29) is 17.2 Å². The lowest BCUT2D eigenvalue weighted by molar-refractivity contribution is 0.0697. The van der Waals surface area contributed by atoms with Gasteiger partial charge in [0.1, 0.15) is 17.2 Å². The fourth-order valence-corrected chi connectivity index (χ4v) is 4.43. The number of hydrogen-bond donors (Lipinski definition) is 2. The normalized spacial score (nSPS) is 11.2. The summed E-state index contributed by atoms with van der Waals surface area (Å²) >= 11 is 0. The van der Waals surface area contributed by atoms with E-state index in [0.717, 1.165) is 17.0 Å². The average Bonchev–Trinajstić information content (AvgIpc) is 2.87. The Morgan fingerprint density at radius 2 is 1.66 bits per heavy atom. The molecule has 4 rings (SSSR count). The number of benzene rings is 4. The van der Waals surface area contributed by atoms with Crippen molar-refractivity contribution in [3.63, 3.8) is 0 Å². The second-order valence-corrected chi connectivity index (χ2v) is 11.0. The molecule has 38 heavy (non-hydrogen) atoms. The first kappa shape index (κ1) is 26.5. The molecule has 0 aliphatic carbocycles. The fourth-order valence-electron chi connectivity index (χ4n) is 3.88. The number of nitrogens with one attached hydrogen (secondary N) is 1. The van der Waals surface area contributed by atoms with E-state index in [1.54, 1.807) is 42.5 Å². The maximum absolute atomic E-state index is 12.2. The zero-order chi connectivity index (χ0) is 27.4. The van der Waals surface area contributed by atoms with E-state index in [2.05, 4.69) is 10.8 Å². The molecule has 0 atom stereocenters. The van der Waals surface area contributed by atoms with Gasteiger partial charge in [-0.2, -0.15) is 5.26 Å². The molecule has 0 heterocycles. The third kappa shape index (κ3) is 6.41. The van der Waals surface area contributed by atoms with E-state index in [4.69, 9.17) is 14.7 Å². The molecule has 0 bridgehead atoms. The Hall–Kier alpha value is -4.55. The van der Waals surface area contributed by atoms with Crippen molar-refractivity contribution in [2.75, 3.05) is 17.6 Å².